The molecule has 5 heteroatoms. The Morgan fingerprint density at radius 2 is 2.03 bits per heavy atom. The third kappa shape index (κ3) is 3.22. The van der Waals surface area contributed by atoms with Gasteiger partial charge in [0, 0.05) is 30.2 Å². The molecule has 3 aliphatic heterocycles. The van der Waals surface area contributed by atoms with Crippen molar-refractivity contribution >= 4 is 11.9 Å². The first-order valence-corrected chi connectivity index (χ1v) is 11.5. The molecule has 1 aromatic carbocycles. The number of nitrogens with one attached hydrogen (secondary N) is 1. The number of carbonyl (C=O) groups excluding carboxylic acids is 2. The number of allylic oxidation sites excluding steroid dienone is 2. The van der Waals surface area contributed by atoms with Gasteiger partial charge in [0.25, 0.3) is 5.91 Å². The first kappa shape index (κ1) is 20.8. The van der Waals surface area contributed by atoms with Gasteiger partial charge in [-0.15, -0.1) is 0 Å². The van der Waals surface area contributed by atoms with E-state index < -0.39 is 5.60 Å². The number of esters is 1. The molecule has 5 rings (SSSR count). The summed E-state index contributed by atoms with van der Waals surface area (Å²) in [5.41, 5.74) is 2.25. The summed E-state index contributed by atoms with van der Waals surface area (Å²) in [5.74, 6) is 0.233. The van der Waals surface area contributed by atoms with Crippen molar-refractivity contribution in [2.75, 3.05) is 13.1 Å². The molecule has 4 aliphatic rings. The molecule has 1 aliphatic carbocycles. The third-order valence-electron chi connectivity index (χ3n) is 7.11. The highest BCUT2D eigenvalue weighted by Gasteiger charge is 2.51. The maximum absolute atomic E-state index is 13.5. The van der Waals surface area contributed by atoms with Crippen LogP contribution >= 0.6 is 0 Å². The number of ether oxygens (including phenoxy) is 1. The van der Waals surface area contributed by atoms with Gasteiger partial charge >= 0.3 is 5.97 Å². The number of hydrogen-bond acceptors (Lipinski definition) is 4. The van der Waals surface area contributed by atoms with Crippen LogP contribution in [0.2, 0.25) is 0 Å². The first-order valence-electron chi connectivity index (χ1n) is 11.5. The van der Waals surface area contributed by atoms with Gasteiger partial charge in [-0.05, 0) is 37.3 Å². The van der Waals surface area contributed by atoms with Crippen molar-refractivity contribution in [1.29, 1.82) is 0 Å². The standard InChI is InChI=1S/C27H30N2O3/c1-18(2)16-27(19-9-5-4-6-10-19)22-17-29(14-12-21(22)25(31)32-27)24(30)23-15-20-11-7-8-13-26(20,3)28-23/h4-11,13,15,18,20,28H,12,14,16-17H2,1-3H3. The lowest BCUT2D eigenvalue weighted by Gasteiger charge is -2.37. The summed E-state index contributed by atoms with van der Waals surface area (Å²) in [6, 6.07) is 9.98. The van der Waals surface area contributed by atoms with Crippen LogP contribution in [-0.4, -0.2) is 35.4 Å². The number of rotatable bonds is 4. The molecule has 0 aromatic heterocycles. The SMILES string of the molecule is CC(C)CC1(c2ccccc2)OC(=O)C2=C1CN(C(=O)C1=CC3C=CC=CC3(C)N1)CC2. The van der Waals surface area contributed by atoms with Crippen LogP contribution in [0.1, 0.15) is 39.2 Å². The van der Waals surface area contributed by atoms with E-state index in [1.165, 1.54) is 0 Å². The Hall–Kier alpha value is -3.08. The summed E-state index contributed by atoms with van der Waals surface area (Å²) >= 11 is 0. The highest BCUT2D eigenvalue weighted by Crippen LogP contribution is 2.48. The topological polar surface area (TPSA) is 58.6 Å². The third-order valence-corrected chi connectivity index (χ3v) is 7.11. The zero-order chi connectivity index (χ0) is 22.5. The van der Waals surface area contributed by atoms with E-state index in [1.807, 2.05) is 53.5 Å². The first-order chi connectivity index (χ1) is 15.3. The molecular weight excluding hydrogens is 400 g/mol. The fourth-order valence-electron chi connectivity index (χ4n) is 5.52. The molecule has 0 bridgehead atoms. The van der Waals surface area contributed by atoms with Gasteiger partial charge in [-0.1, -0.05) is 68.5 Å². The van der Waals surface area contributed by atoms with Gasteiger partial charge in [0.05, 0.1) is 11.2 Å². The Morgan fingerprint density at radius 1 is 1.25 bits per heavy atom. The van der Waals surface area contributed by atoms with Gasteiger partial charge in [0.15, 0.2) is 5.60 Å². The van der Waals surface area contributed by atoms with Crippen molar-refractivity contribution in [3.63, 3.8) is 0 Å². The lowest BCUT2D eigenvalue weighted by molar-refractivity contribution is -0.149. The molecule has 0 saturated carbocycles. The molecule has 1 aromatic rings. The molecule has 3 atom stereocenters. The van der Waals surface area contributed by atoms with Crippen LogP contribution in [0.3, 0.4) is 0 Å². The van der Waals surface area contributed by atoms with E-state index in [-0.39, 0.29) is 23.3 Å². The van der Waals surface area contributed by atoms with E-state index in [2.05, 4.69) is 38.2 Å². The fourth-order valence-corrected chi connectivity index (χ4v) is 5.52. The molecule has 1 amide bonds. The van der Waals surface area contributed by atoms with E-state index >= 15 is 0 Å². The number of carbonyl (C=O) groups is 2. The molecular formula is C27H30N2O3. The second-order valence-electron chi connectivity index (χ2n) is 9.87. The molecule has 166 valence electrons. The lowest BCUT2D eigenvalue weighted by atomic mass is 9.77. The molecule has 3 heterocycles. The number of amides is 1. The van der Waals surface area contributed by atoms with Crippen LogP contribution in [-0.2, 0) is 19.9 Å². The van der Waals surface area contributed by atoms with Crippen LogP contribution in [0.25, 0.3) is 0 Å². The normalized spacial score (nSPS) is 30.8. The van der Waals surface area contributed by atoms with E-state index in [9.17, 15) is 9.59 Å². The largest absolute Gasteiger partial charge is 0.446 e. The fraction of sp³-hybridized carbons (Fsp3) is 0.407. The number of hydrogen-bond donors (Lipinski definition) is 1. The van der Waals surface area contributed by atoms with Gasteiger partial charge < -0.3 is 15.0 Å². The van der Waals surface area contributed by atoms with Gasteiger partial charge in [0.1, 0.15) is 0 Å². The van der Waals surface area contributed by atoms with Gasteiger partial charge in [0.2, 0.25) is 0 Å². The number of benzene rings is 1. The summed E-state index contributed by atoms with van der Waals surface area (Å²) < 4.78 is 6.14. The predicted molar refractivity (Wildman–Crippen MR) is 123 cm³/mol. The van der Waals surface area contributed by atoms with E-state index in [0.29, 0.717) is 37.5 Å². The van der Waals surface area contributed by atoms with E-state index in [0.717, 1.165) is 16.7 Å². The van der Waals surface area contributed by atoms with Crippen molar-refractivity contribution in [1.82, 2.24) is 10.2 Å². The lowest BCUT2D eigenvalue weighted by Crippen LogP contribution is -2.46. The molecule has 3 unspecified atom stereocenters. The number of fused-ring (bicyclic) bond motifs is 1. The Bertz CT molecular complexity index is 1080. The highest BCUT2D eigenvalue weighted by atomic mass is 16.6. The minimum atomic E-state index is -0.802. The Balaban J connectivity index is 1.46. The summed E-state index contributed by atoms with van der Waals surface area (Å²) in [4.78, 5) is 28.3. The van der Waals surface area contributed by atoms with Crippen LogP contribution in [0.5, 0.6) is 0 Å². The van der Waals surface area contributed by atoms with Crippen molar-refractivity contribution in [3.8, 4) is 0 Å². The smallest absolute Gasteiger partial charge is 0.335 e. The zero-order valence-corrected chi connectivity index (χ0v) is 18.9. The van der Waals surface area contributed by atoms with E-state index in [4.69, 9.17) is 4.74 Å². The highest BCUT2D eigenvalue weighted by molar-refractivity contribution is 5.97. The van der Waals surface area contributed by atoms with Crippen LogP contribution in [0, 0.1) is 11.8 Å². The molecule has 0 saturated heterocycles. The van der Waals surface area contributed by atoms with Gasteiger partial charge in [-0.25, -0.2) is 4.79 Å². The maximum Gasteiger partial charge on any atom is 0.335 e. The van der Waals surface area contributed by atoms with Crippen molar-refractivity contribution in [2.45, 2.75) is 44.8 Å². The molecule has 0 spiro atoms. The second kappa shape index (κ2) is 7.51. The van der Waals surface area contributed by atoms with Gasteiger partial charge in [-0.3, -0.25) is 4.79 Å². The molecule has 32 heavy (non-hydrogen) atoms. The quantitative estimate of drug-likeness (QED) is 0.734. The average Bonchev–Trinajstić information content (AvgIpc) is 3.28. The minimum Gasteiger partial charge on any atom is -0.446 e. The Morgan fingerprint density at radius 3 is 2.75 bits per heavy atom. The summed E-state index contributed by atoms with van der Waals surface area (Å²) in [7, 11) is 0. The van der Waals surface area contributed by atoms with Crippen LogP contribution in [0.15, 0.2) is 77.6 Å². The molecule has 5 nitrogen and oxygen atoms in total. The predicted octanol–water partition coefficient (Wildman–Crippen LogP) is 4.00. The van der Waals surface area contributed by atoms with Crippen molar-refractivity contribution < 1.29 is 14.3 Å². The maximum atomic E-state index is 13.5. The van der Waals surface area contributed by atoms with Crippen LogP contribution < -0.4 is 5.32 Å². The van der Waals surface area contributed by atoms with Crippen LogP contribution in [0.4, 0.5) is 0 Å². The minimum absolute atomic E-state index is 0.0140. The van der Waals surface area contributed by atoms with Crippen molar-refractivity contribution in [2.24, 2.45) is 11.8 Å². The number of cyclic esters (lactones) is 1. The second-order valence-corrected chi connectivity index (χ2v) is 9.87. The molecule has 0 radical (unpaired) electrons. The monoisotopic (exact) mass is 430 g/mol. The van der Waals surface area contributed by atoms with E-state index in [1.54, 1.807) is 0 Å². The summed E-state index contributed by atoms with van der Waals surface area (Å²) in [5, 5.41) is 3.44. The molecule has 0 fully saturated rings. The summed E-state index contributed by atoms with van der Waals surface area (Å²) in [6.45, 7) is 7.32. The number of nitrogens with zero attached hydrogens (tertiary/aromatic N) is 1. The Kier molecular flexibility index (Phi) is 4.88. The average molecular weight is 431 g/mol. The summed E-state index contributed by atoms with van der Waals surface area (Å²) in [6.07, 6.45) is 11.5. The van der Waals surface area contributed by atoms with Crippen molar-refractivity contribution in [3.05, 3.63) is 83.1 Å². The molecule has 1 N–H and O–H groups in total. The van der Waals surface area contributed by atoms with Gasteiger partial charge in [-0.2, -0.15) is 0 Å². The Labute approximate surface area is 189 Å². The zero-order valence-electron chi connectivity index (χ0n) is 18.9.